The van der Waals surface area contributed by atoms with Crippen molar-refractivity contribution < 1.29 is 4.79 Å². The first-order chi connectivity index (χ1) is 7.84. The van der Waals surface area contributed by atoms with Crippen molar-refractivity contribution in [2.75, 3.05) is 6.54 Å². The van der Waals surface area contributed by atoms with E-state index >= 15 is 0 Å². The van der Waals surface area contributed by atoms with Gasteiger partial charge in [0, 0.05) is 25.0 Å². The fourth-order valence-corrected chi connectivity index (χ4v) is 2.73. The fourth-order valence-electron chi connectivity index (χ4n) is 2.04. The molecule has 1 amide bonds. The summed E-state index contributed by atoms with van der Waals surface area (Å²) in [4.78, 5) is 14.9. The van der Waals surface area contributed by atoms with E-state index < -0.39 is 0 Å². The van der Waals surface area contributed by atoms with Crippen LogP contribution in [0, 0.1) is 0 Å². The molecular formula is C12H12N2OS. The van der Waals surface area contributed by atoms with Crippen molar-refractivity contribution in [1.82, 2.24) is 9.47 Å². The van der Waals surface area contributed by atoms with E-state index in [1.807, 2.05) is 28.5 Å². The summed E-state index contributed by atoms with van der Waals surface area (Å²) < 4.78 is 2.21. The van der Waals surface area contributed by atoms with Crippen molar-refractivity contribution in [3.05, 3.63) is 46.4 Å². The van der Waals surface area contributed by atoms with E-state index in [-0.39, 0.29) is 5.91 Å². The third kappa shape index (κ3) is 1.55. The first-order valence-electron chi connectivity index (χ1n) is 5.31. The molecule has 1 aliphatic rings. The Labute approximate surface area is 97.9 Å². The van der Waals surface area contributed by atoms with Gasteiger partial charge in [-0.15, -0.1) is 11.3 Å². The highest BCUT2D eigenvalue weighted by Crippen LogP contribution is 2.18. The highest BCUT2D eigenvalue weighted by Gasteiger charge is 2.21. The Morgan fingerprint density at radius 2 is 2.19 bits per heavy atom. The normalized spacial score (nSPS) is 14.9. The summed E-state index contributed by atoms with van der Waals surface area (Å²) in [5.41, 5.74) is 1.22. The van der Waals surface area contributed by atoms with Gasteiger partial charge in [-0.2, -0.15) is 0 Å². The number of aromatic nitrogens is 1. The Kier molecular flexibility index (Phi) is 2.29. The van der Waals surface area contributed by atoms with Crippen LogP contribution < -0.4 is 0 Å². The van der Waals surface area contributed by atoms with E-state index in [0.717, 1.165) is 24.5 Å². The lowest BCUT2D eigenvalue weighted by molar-refractivity contribution is 0.0716. The molecule has 0 saturated heterocycles. The van der Waals surface area contributed by atoms with E-state index in [2.05, 4.69) is 16.8 Å². The van der Waals surface area contributed by atoms with Crippen LogP contribution in [-0.2, 0) is 13.1 Å². The van der Waals surface area contributed by atoms with Gasteiger partial charge in [-0.25, -0.2) is 0 Å². The molecule has 3 rings (SSSR count). The fraction of sp³-hybridized carbons (Fsp3) is 0.250. The maximum Gasteiger partial charge on any atom is 0.264 e. The van der Waals surface area contributed by atoms with Crippen LogP contribution in [0.25, 0.3) is 0 Å². The molecule has 0 aliphatic carbocycles. The van der Waals surface area contributed by atoms with E-state index in [9.17, 15) is 4.79 Å². The molecule has 3 heterocycles. The maximum absolute atomic E-state index is 12.1. The molecule has 2 aromatic rings. The first-order valence-corrected chi connectivity index (χ1v) is 6.19. The van der Waals surface area contributed by atoms with Gasteiger partial charge in [0.15, 0.2) is 0 Å². The average Bonchev–Trinajstić information content (AvgIpc) is 2.98. The number of amides is 1. The molecule has 0 spiro atoms. The van der Waals surface area contributed by atoms with Gasteiger partial charge in [0.1, 0.15) is 0 Å². The van der Waals surface area contributed by atoms with Gasteiger partial charge >= 0.3 is 0 Å². The van der Waals surface area contributed by atoms with Crippen molar-refractivity contribution in [2.45, 2.75) is 13.1 Å². The number of fused-ring (bicyclic) bond motifs is 1. The third-order valence-electron chi connectivity index (χ3n) is 2.91. The molecule has 0 atom stereocenters. The standard InChI is InChI=1S/C12H12N2OS/c15-12(11-4-2-8-16-11)14-7-6-13-5-1-3-10(13)9-14/h1-5,8H,6-7,9H2. The second kappa shape index (κ2) is 3.79. The second-order valence-electron chi connectivity index (χ2n) is 3.90. The van der Waals surface area contributed by atoms with Crippen molar-refractivity contribution in [2.24, 2.45) is 0 Å². The van der Waals surface area contributed by atoms with Crippen LogP contribution in [-0.4, -0.2) is 21.9 Å². The zero-order valence-corrected chi connectivity index (χ0v) is 9.61. The van der Waals surface area contributed by atoms with E-state index in [0.29, 0.717) is 0 Å². The summed E-state index contributed by atoms with van der Waals surface area (Å²) in [5, 5.41) is 1.94. The minimum absolute atomic E-state index is 0.155. The Bertz CT molecular complexity index is 501. The van der Waals surface area contributed by atoms with Gasteiger partial charge in [-0.3, -0.25) is 4.79 Å². The van der Waals surface area contributed by atoms with Crippen molar-refractivity contribution in [3.63, 3.8) is 0 Å². The molecule has 0 radical (unpaired) electrons. The third-order valence-corrected chi connectivity index (χ3v) is 3.76. The molecule has 0 saturated carbocycles. The molecule has 0 unspecified atom stereocenters. The molecule has 0 bridgehead atoms. The van der Waals surface area contributed by atoms with Gasteiger partial charge in [-0.1, -0.05) is 6.07 Å². The Hall–Kier alpha value is -1.55. The summed E-state index contributed by atoms with van der Waals surface area (Å²) >= 11 is 1.51. The van der Waals surface area contributed by atoms with Gasteiger partial charge < -0.3 is 9.47 Å². The number of thiophene rings is 1. The van der Waals surface area contributed by atoms with Gasteiger partial charge in [-0.05, 0) is 23.6 Å². The Morgan fingerprint density at radius 3 is 3.00 bits per heavy atom. The molecular weight excluding hydrogens is 220 g/mol. The van der Waals surface area contributed by atoms with Gasteiger partial charge in [0.05, 0.1) is 11.4 Å². The Balaban J connectivity index is 1.81. The molecule has 0 aromatic carbocycles. The van der Waals surface area contributed by atoms with Crippen molar-refractivity contribution >= 4 is 17.2 Å². The molecule has 1 aliphatic heterocycles. The van der Waals surface area contributed by atoms with Crippen LogP contribution in [0.15, 0.2) is 35.8 Å². The van der Waals surface area contributed by atoms with E-state index in [4.69, 9.17) is 0 Å². The Morgan fingerprint density at radius 1 is 1.25 bits per heavy atom. The lowest BCUT2D eigenvalue weighted by atomic mass is 10.3. The van der Waals surface area contributed by atoms with E-state index in [1.165, 1.54) is 17.0 Å². The number of carbonyl (C=O) groups is 1. The zero-order chi connectivity index (χ0) is 11.0. The molecule has 16 heavy (non-hydrogen) atoms. The molecule has 4 heteroatoms. The minimum Gasteiger partial charge on any atom is -0.348 e. The number of nitrogens with zero attached hydrogens (tertiary/aromatic N) is 2. The zero-order valence-electron chi connectivity index (χ0n) is 8.80. The molecule has 2 aromatic heterocycles. The SMILES string of the molecule is O=C(c1cccs1)N1CCn2cccc2C1. The highest BCUT2D eigenvalue weighted by molar-refractivity contribution is 7.12. The number of hydrogen-bond donors (Lipinski definition) is 0. The maximum atomic E-state index is 12.1. The second-order valence-corrected chi connectivity index (χ2v) is 4.84. The number of rotatable bonds is 1. The smallest absolute Gasteiger partial charge is 0.264 e. The van der Waals surface area contributed by atoms with Crippen LogP contribution in [0.1, 0.15) is 15.4 Å². The number of hydrogen-bond acceptors (Lipinski definition) is 2. The van der Waals surface area contributed by atoms with Crippen LogP contribution >= 0.6 is 11.3 Å². The van der Waals surface area contributed by atoms with Gasteiger partial charge in [0.2, 0.25) is 0 Å². The van der Waals surface area contributed by atoms with Crippen LogP contribution in [0.4, 0.5) is 0 Å². The molecule has 3 nitrogen and oxygen atoms in total. The minimum atomic E-state index is 0.155. The lowest BCUT2D eigenvalue weighted by Crippen LogP contribution is -2.37. The summed E-state index contributed by atoms with van der Waals surface area (Å²) in [6.45, 7) is 2.43. The lowest BCUT2D eigenvalue weighted by Gasteiger charge is -2.28. The quantitative estimate of drug-likeness (QED) is 0.740. The topological polar surface area (TPSA) is 25.2 Å². The average molecular weight is 232 g/mol. The monoisotopic (exact) mass is 232 g/mol. The molecule has 82 valence electrons. The van der Waals surface area contributed by atoms with Crippen LogP contribution in [0.2, 0.25) is 0 Å². The van der Waals surface area contributed by atoms with Crippen LogP contribution in [0.3, 0.4) is 0 Å². The van der Waals surface area contributed by atoms with Crippen LogP contribution in [0.5, 0.6) is 0 Å². The first kappa shape index (κ1) is 9.66. The predicted molar refractivity (Wildman–Crippen MR) is 63.5 cm³/mol. The van der Waals surface area contributed by atoms with Crippen molar-refractivity contribution in [1.29, 1.82) is 0 Å². The van der Waals surface area contributed by atoms with E-state index in [1.54, 1.807) is 0 Å². The number of carbonyl (C=O) groups excluding carboxylic acids is 1. The predicted octanol–water partition coefficient (Wildman–Crippen LogP) is 2.21. The van der Waals surface area contributed by atoms with Gasteiger partial charge in [0.25, 0.3) is 5.91 Å². The summed E-state index contributed by atoms with van der Waals surface area (Å²) in [7, 11) is 0. The molecule has 0 fully saturated rings. The highest BCUT2D eigenvalue weighted by atomic mass is 32.1. The summed E-state index contributed by atoms with van der Waals surface area (Å²) in [6, 6.07) is 7.92. The molecule has 0 N–H and O–H groups in total. The van der Waals surface area contributed by atoms with Crippen molar-refractivity contribution in [3.8, 4) is 0 Å². The largest absolute Gasteiger partial charge is 0.348 e. The summed E-state index contributed by atoms with van der Waals surface area (Å²) in [6.07, 6.45) is 2.07. The summed E-state index contributed by atoms with van der Waals surface area (Å²) in [5.74, 6) is 0.155.